The van der Waals surface area contributed by atoms with Crippen molar-refractivity contribution in [3.05, 3.63) is 17.7 Å². The molecule has 8 nitrogen and oxygen atoms in total. The van der Waals surface area contributed by atoms with E-state index in [0.717, 1.165) is 64.0 Å². The van der Waals surface area contributed by atoms with Gasteiger partial charge in [0.25, 0.3) is 5.91 Å². The van der Waals surface area contributed by atoms with E-state index in [-0.39, 0.29) is 17.7 Å². The van der Waals surface area contributed by atoms with Gasteiger partial charge in [0.15, 0.2) is 0 Å². The number of likely N-dealkylation sites (tertiary alicyclic amines) is 2. The maximum atomic E-state index is 12.9. The number of aromatic nitrogens is 1. The zero-order chi connectivity index (χ0) is 25.9. The lowest BCUT2D eigenvalue weighted by Gasteiger charge is -2.34. The molecule has 0 bridgehead atoms. The quantitative estimate of drug-likeness (QED) is 0.469. The summed E-state index contributed by atoms with van der Waals surface area (Å²) in [6, 6.07) is 4.70. The molecule has 0 aromatic carbocycles. The van der Waals surface area contributed by atoms with E-state index in [9.17, 15) is 4.79 Å². The van der Waals surface area contributed by atoms with E-state index in [4.69, 9.17) is 10.4 Å². The third-order valence-corrected chi connectivity index (χ3v) is 7.86. The molecule has 3 N–H and O–H groups in total. The van der Waals surface area contributed by atoms with E-state index in [1.165, 1.54) is 45.1 Å². The van der Waals surface area contributed by atoms with E-state index in [0.29, 0.717) is 11.4 Å². The smallest absolute Gasteiger partial charge is 0.270 e. The first-order chi connectivity index (χ1) is 17.5. The first-order valence-corrected chi connectivity index (χ1v) is 14.3. The molecular formula is C28H49N7O. The molecule has 0 saturated carbocycles. The second-order valence-electron chi connectivity index (χ2n) is 10.2. The predicted octanol–water partition coefficient (Wildman–Crippen LogP) is 3.96. The highest BCUT2D eigenvalue weighted by Gasteiger charge is 2.26. The highest BCUT2D eigenvalue weighted by atomic mass is 16.1. The van der Waals surface area contributed by atoms with Crippen LogP contribution in [0, 0.1) is 5.41 Å². The Balaban J connectivity index is 0.00000176. The van der Waals surface area contributed by atoms with Crippen LogP contribution in [-0.4, -0.2) is 91.3 Å². The number of carbonyl (C=O) groups excluding carboxylic acids is 1. The number of pyridine rings is 1. The zero-order valence-electron chi connectivity index (χ0n) is 23.1. The molecule has 4 heterocycles. The lowest BCUT2D eigenvalue weighted by Crippen LogP contribution is -2.48. The fourth-order valence-corrected chi connectivity index (χ4v) is 5.59. The zero-order valence-corrected chi connectivity index (χ0v) is 23.1. The lowest BCUT2D eigenvalue weighted by atomic mass is 10.0. The molecule has 0 spiro atoms. The van der Waals surface area contributed by atoms with Crippen molar-refractivity contribution in [3.8, 4) is 0 Å². The molecule has 3 aliphatic heterocycles. The predicted molar refractivity (Wildman–Crippen MR) is 151 cm³/mol. The second kappa shape index (κ2) is 14.5. The van der Waals surface area contributed by atoms with Crippen LogP contribution in [-0.2, 0) is 4.79 Å². The highest BCUT2D eigenvalue weighted by Crippen LogP contribution is 2.23. The Labute approximate surface area is 218 Å². The third kappa shape index (κ3) is 7.65. The Morgan fingerprint density at radius 3 is 2.28 bits per heavy atom. The fourth-order valence-electron chi connectivity index (χ4n) is 5.59. The summed E-state index contributed by atoms with van der Waals surface area (Å²) in [6.07, 6.45) is 9.46. The Morgan fingerprint density at radius 2 is 1.67 bits per heavy atom. The largest absolute Gasteiger partial charge is 0.373 e. The van der Waals surface area contributed by atoms with Gasteiger partial charge in [0.05, 0.1) is 0 Å². The molecule has 4 rings (SSSR count). The van der Waals surface area contributed by atoms with Crippen LogP contribution < -0.4 is 15.5 Å². The maximum absolute atomic E-state index is 12.9. The molecule has 202 valence electrons. The van der Waals surface area contributed by atoms with Crippen LogP contribution in [0.3, 0.4) is 0 Å². The van der Waals surface area contributed by atoms with Gasteiger partial charge in [0, 0.05) is 64.0 Å². The number of piperidine rings is 1. The number of hydrogen-bond donors (Lipinski definition) is 3. The Bertz CT molecular complexity index is 829. The summed E-state index contributed by atoms with van der Waals surface area (Å²) in [5.74, 6) is 1.23. The molecule has 1 atom stereocenters. The van der Waals surface area contributed by atoms with Crippen LogP contribution in [0.1, 0.15) is 77.7 Å². The summed E-state index contributed by atoms with van der Waals surface area (Å²) < 4.78 is 0. The fraction of sp³-hybridized carbons (Fsp3) is 0.750. The molecule has 3 fully saturated rings. The van der Waals surface area contributed by atoms with Gasteiger partial charge in [-0.15, -0.1) is 0 Å². The molecule has 3 saturated heterocycles. The van der Waals surface area contributed by atoms with Crippen molar-refractivity contribution in [3.63, 3.8) is 0 Å². The molecule has 3 aliphatic rings. The number of anilines is 2. The molecule has 1 aromatic rings. The van der Waals surface area contributed by atoms with Gasteiger partial charge in [-0.3, -0.25) is 15.1 Å². The number of carbonyl (C=O) groups is 1. The molecule has 1 amide bonds. The normalized spacial score (nSPS) is 21.9. The van der Waals surface area contributed by atoms with Crippen LogP contribution in [0.15, 0.2) is 12.1 Å². The highest BCUT2D eigenvalue weighted by molar-refractivity contribution is 6.45. The lowest BCUT2D eigenvalue weighted by molar-refractivity contribution is -0.115. The first kappa shape index (κ1) is 28.4. The molecule has 1 aromatic heterocycles. The average molecular weight is 500 g/mol. The minimum absolute atomic E-state index is 0.00952. The number of nitrogens with one attached hydrogen (secondary N) is 3. The molecule has 1 unspecified atom stereocenters. The number of amides is 1. The van der Waals surface area contributed by atoms with Gasteiger partial charge in [-0.25, -0.2) is 4.98 Å². The standard InChI is InChI=1S/C26H43N7O.C2H6/c1-20-8-7-15-32(20)19-18-31-16-11-21(12-17-31)29-26(34)24(27)22-9-10-23(30-25(22)28-2)33-13-5-3-4-6-14-33;1-2/h9-10,20-21,27H,3-8,11-19H2,1-2H3,(H,28,30)(H,29,34);1-2H3. The van der Waals surface area contributed by atoms with E-state index in [1.807, 2.05) is 33.0 Å². The minimum atomic E-state index is -0.301. The van der Waals surface area contributed by atoms with Crippen LogP contribution in [0.25, 0.3) is 0 Å². The van der Waals surface area contributed by atoms with Crippen molar-refractivity contribution in [1.82, 2.24) is 20.1 Å². The van der Waals surface area contributed by atoms with Crippen molar-refractivity contribution >= 4 is 23.3 Å². The van der Waals surface area contributed by atoms with E-state index >= 15 is 0 Å². The summed E-state index contributed by atoms with van der Waals surface area (Å²) >= 11 is 0. The van der Waals surface area contributed by atoms with Gasteiger partial charge in [0.2, 0.25) is 0 Å². The second-order valence-corrected chi connectivity index (χ2v) is 10.2. The van der Waals surface area contributed by atoms with Crippen molar-refractivity contribution in [2.45, 2.75) is 84.2 Å². The van der Waals surface area contributed by atoms with E-state index in [2.05, 4.69) is 32.3 Å². The molecule has 36 heavy (non-hydrogen) atoms. The van der Waals surface area contributed by atoms with Crippen LogP contribution in [0.4, 0.5) is 11.6 Å². The van der Waals surface area contributed by atoms with Crippen LogP contribution in [0.2, 0.25) is 0 Å². The van der Waals surface area contributed by atoms with Crippen LogP contribution >= 0.6 is 0 Å². The Hall–Kier alpha value is -2.19. The van der Waals surface area contributed by atoms with Crippen molar-refractivity contribution in [1.29, 1.82) is 5.41 Å². The van der Waals surface area contributed by atoms with Crippen molar-refractivity contribution in [2.75, 3.05) is 63.1 Å². The van der Waals surface area contributed by atoms with E-state index in [1.54, 1.807) is 0 Å². The number of nitrogens with zero attached hydrogens (tertiary/aromatic N) is 4. The summed E-state index contributed by atoms with van der Waals surface area (Å²) in [4.78, 5) is 25.1. The van der Waals surface area contributed by atoms with Gasteiger partial charge in [-0.2, -0.15) is 0 Å². The first-order valence-electron chi connectivity index (χ1n) is 14.3. The van der Waals surface area contributed by atoms with Gasteiger partial charge < -0.3 is 20.4 Å². The average Bonchev–Trinajstić information content (AvgIpc) is 3.15. The summed E-state index contributed by atoms with van der Waals surface area (Å²) in [5, 5.41) is 14.8. The summed E-state index contributed by atoms with van der Waals surface area (Å²) in [5.41, 5.74) is 0.556. The van der Waals surface area contributed by atoms with Gasteiger partial charge in [0.1, 0.15) is 17.3 Å². The summed E-state index contributed by atoms with van der Waals surface area (Å²) in [7, 11) is 1.81. The minimum Gasteiger partial charge on any atom is -0.373 e. The van der Waals surface area contributed by atoms with E-state index < -0.39 is 0 Å². The Morgan fingerprint density at radius 1 is 0.972 bits per heavy atom. The van der Waals surface area contributed by atoms with Crippen LogP contribution in [0.5, 0.6) is 0 Å². The van der Waals surface area contributed by atoms with Gasteiger partial charge >= 0.3 is 0 Å². The van der Waals surface area contributed by atoms with Gasteiger partial charge in [-0.05, 0) is 64.1 Å². The van der Waals surface area contributed by atoms with Crippen molar-refractivity contribution in [2.24, 2.45) is 0 Å². The Kier molecular flexibility index (Phi) is 11.5. The molecule has 8 heteroatoms. The number of hydrogen-bond acceptors (Lipinski definition) is 7. The third-order valence-electron chi connectivity index (χ3n) is 7.86. The topological polar surface area (TPSA) is 87.6 Å². The SMILES string of the molecule is CC.CNc1nc(N2CCCCCC2)ccc1C(=N)C(=O)NC1CCN(CCN2CCCC2C)CC1. The summed E-state index contributed by atoms with van der Waals surface area (Å²) in [6.45, 7) is 13.9. The molecular weight excluding hydrogens is 450 g/mol. The van der Waals surface area contributed by atoms with Gasteiger partial charge in [-0.1, -0.05) is 26.7 Å². The molecule has 0 aliphatic carbocycles. The maximum Gasteiger partial charge on any atom is 0.270 e. The molecule has 0 radical (unpaired) electrons. The van der Waals surface area contributed by atoms with Crippen molar-refractivity contribution < 1.29 is 4.79 Å². The number of rotatable bonds is 8. The monoisotopic (exact) mass is 499 g/mol.